The molecule has 0 saturated carbocycles. The molecule has 3 heterocycles. The molecule has 0 aliphatic carbocycles. The fourth-order valence-electron chi connectivity index (χ4n) is 4.46. The maximum Gasteiger partial charge on any atom is 0.328 e. The molecule has 0 radical (unpaired) electrons. The summed E-state index contributed by atoms with van der Waals surface area (Å²) in [5.74, 6) is 0.298. The number of hydrogen-bond acceptors (Lipinski definition) is 7. The summed E-state index contributed by atoms with van der Waals surface area (Å²) in [5.41, 5.74) is 5.81. The van der Waals surface area contributed by atoms with Gasteiger partial charge in [-0.15, -0.1) is 0 Å². The number of aryl methyl sites for hydroxylation is 3. The van der Waals surface area contributed by atoms with Crippen molar-refractivity contribution < 1.29 is 17.9 Å². The number of aromatic amines is 1. The van der Waals surface area contributed by atoms with E-state index < -0.39 is 21.6 Å². The van der Waals surface area contributed by atoms with Gasteiger partial charge in [0, 0.05) is 18.0 Å². The van der Waals surface area contributed by atoms with Gasteiger partial charge in [-0.2, -0.15) is 0 Å². The minimum Gasteiger partial charge on any atom is -0.491 e. The predicted octanol–water partition coefficient (Wildman–Crippen LogP) is 3.75. The Bertz CT molecular complexity index is 1600. The van der Waals surface area contributed by atoms with Crippen LogP contribution in [0.1, 0.15) is 35.3 Å². The Labute approximate surface area is 210 Å². The van der Waals surface area contributed by atoms with Crippen LogP contribution in [0.3, 0.4) is 0 Å². The molecule has 0 spiro atoms. The summed E-state index contributed by atoms with van der Waals surface area (Å²) in [6.45, 7) is 8.15. The van der Waals surface area contributed by atoms with Crippen LogP contribution in [0, 0.1) is 20.8 Å². The molecule has 0 bridgehead atoms. The average Bonchev–Trinajstić information content (AvgIpc) is 3.14. The monoisotopic (exact) mass is 510 g/mol. The van der Waals surface area contributed by atoms with E-state index in [1.54, 1.807) is 18.3 Å². The molecule has 1 unspecified atom stereocenters. The van der Waals surface area contributed by atoms with Gasteiger partial charge in [-0.3, -0.25) is 4.57 Å². The molecule has 190 valence electrons. The Morgan fingerprint density at radius 3 is 2.50 bits per heavy atom. The maximum absolute atomic E-state index is 13.3. The molecule has 0 saturated heterocycles. The van der Waals surface area contributed by atoms with Crippen molar-refractivity contribution in [1.29, 1.82) is 0 Å². The molecule has 1 aromatic carbocycles. The van der Waals surface area contributed by atoms with Crippen molar-refractivity contribution in [2.75, 3.05) is 25.7 Å². The number of hydrogen-bond donors (Lipinski definition) is 1. The minimum atomic E-state index is -3.51. The van der Waals surface area contributed by atoms with Gasteiger partial charge in [-0.1, -0.05) is 23.8 Å². The molecule has 10 heteroatoms. The number of imidazole rings is 1. The van der Waals surface area contributed by atoms with Gasteiger partial charge < -0.3 is 14.5 Å². The fourth-order valence-corrected chi connectivity index (χ4v) is 5.36. The highest BCUT2D eigenvalue weighted by molar-refractivity contribution is 7.90. The van der Waals surface area contributed by atoms with Crippen molar-refractivity contribution in [3.63, 3.8) is 0 Å². The zero-order valence-corrected chi connectivity index (χ0v) is 22.1. The minimum absolute atomic E-state index is 0.227. The Balaban J connectivity index is 1.93. The highest BCUT2D eigenvalue weighted by atomic mass is 32.2. The first kappa shape index (κ1) is 25.4. The van der Waals surface area contributed by atoms with E-state index in [4.69, 9.17) is 9.47 Å². The fraction of sp³-hybridized carbons (Fsp3) is 0.346. The molecule has 0 aliphatic rings. The highest BCUT2D eigenvalue weighted by Crippen LogP contribution is 2.32. The summed E-state index contributed by atoms with van der Waals surface area (Å²) in [7, 11) is -2.01. The topological polar surface area (TPSA) is 116 Å². The average molecular weight is 511 g/mol. The van der Waals surface area contributed by atoms with Crippen LogP contribution in [0.15, 0.2) is 41.3 Å². The number of rotatable bonds is 8. The van der Waals surface area contributed by atoms with Gasteiger partial charge in [0.1, 0.15) is 9.84 Å². The molecule has 0 fully saturated rings. The largest absolute Gasteiger partial charge is 0.491 e. The van der Waals surface area contributed by atoms with Crippen LogP contribution >= 0.6 is 0 Å². The second-order valence-corrected chi connectivity index (χ2v) is 11.1. The van der Waals surface area contributed by atoms with E-state index in [9.17, 15) is 13.2 Å². The van der Waals surface area contributed by atoms with Crippen molar-refractivity contribution in [3.05, 3.63) is 69.4 Å². The molecule has 3 aromatic heterocycles. The molecule has 4 rings (SSSR count). The third kappa shape index (κ3) is 4.86. The van der Waals surface area contributed by atoms with Gasteiger partial charge in [0.15, 0.2) is 11.4 Å². The van der Waals surface area contributed by atoms with Gasteiger partial charge in [0.25, 0.3) is 5.88 Å². The van der Waals surface area contributed by atoms with E-state index in [1.165, 1.54) is 11.7 Å². The number of benzene rings is 1. The number of nitrogens with zero attached hydrogens (tertiary/aromatic N) is 3. The van der Waals surface area contributed by atoms with Crippen LogP contribution in [0.2, 0.25) is 0 Å². The molecule has 0 amide bonds. The number of H-pyrrole nitrogens is 1. The Morgan fingerprint density at radius 1 is 1.11 bits per heavy atom. The summed E-state index contributed by atoms with van der Waals surface area (Å²) in [6, 6.07) is 8.54. The number of methoxy groups -OCH3 is 1. The van der Waals surface area contributed by atoms with Gasteiger partial charge in [-0.25, -0.2) is 23.2 Å². The van der Waals surface area contributed by atoms with Crippen LogP contribution in [-0.2, 0) is 9.84 Å². The van der Waals surface area contributed by atoms with E-state index in [2.05, 4.69) is 21.0 Å². The molecule has 1 N–H and O–H groups in total. The lowest BCUT2D eigenvalue weighted by Crippen LogP contribution is -2.29. The van der Waals surface area contributed by atoms with Crippen LogP contribution in [0.5, 0.6) is 11.6 Å². The number of pyridine rings is 2. The van der Waals surface area contributed by atoms with Gasteiger partial charge in [0.2, 0.25) is 0 Å². The number of fused-ring (bicyclic) bond motifs is 1. The summed E-state index contributed by atoms with van der Waals surface area (Å²) >= 11 is 0. The normalized spacial score (nSPS) is 12.6. The van der Waals surface area contributed by atoms with Crippen molar-refractivity contribution in [3.8, 4) is 22.8 Å². The first-order chi connectivity index (χ1) is 17.0. The second kappa shape index (κ2) is 9.77. The molecular weight excluding hydrogens is 480 g/mol. The summed E-state index contributed by atoms with van der Waals surface area (Å²) in [6.07, 6.45) is 2.85. The van der Waals surface area contributed by atoms with E-state index in [1.807, 2.05) is 39.8 Å². The first-order valence-electron chi connectivity index (χ1n) is 11.6. The van der Waals surface area contributed by atoms with E-state index in [0.29, 0.717) is 29.2 Å². The van der Waals surface area contributed by atoms with Gasteiger partial charge in [0.05, 0.1) is 36.7 Å². The summed E-state index contributed by atoms with van der Waals surface area (Å²) < 4.78 is 37.1. The molecule has 0 aliphatic heterocycles. The molecular formula is C26H30N4O5S. The lowest BCUT2D eigenvalue weighted by atomic mass is 9.96. The third-order valence-corrected chi connectivity index (χ3v) is 7.05. The standard InChI is InChI=1S/C26H30N4O5S/c1-7-35-25-22(34-5)11-10-20(28-25)21(14-36(6,32)33)30-24-23(29-26(30)31)17(4)19(13-27-24)18-9-8-15(2)12-16(18)3/h8-13,21H,7,14H2,1-6H3,(H,29,31). The first-order valence-corrected chi connectivity index (χ1v) is 13.6. The lowest BCUT2D eigenvalue weighted by molar-refractivity contribution is 0.296. The van der Waals surface area contributed by atoms with E-state index in [-0.39, 0.29) is 11.6 Å². The van der Waals surface area contributed by atoms with Gasteiger partial charge in [-0.05, 0) is 56.5 Å². The number of sulfone groups is 1. The quantitative estimate of drug-likeness (QED) is 0.384. The zero-order chi connectivity index (χ0) is 26.2. The van der Waals surface area contributed by atoms with Crippen molar-refractivity contribution in [1.82, 2.24) is 19.5 Å². The molecule has 1 atom stereocenters. The lowest BCUT2D eigenvalue weighted by Gasteiger charge is -2.19. The van der Waals surface area contributed by atoms with E-state index >= 15 is 0 Å². The van der Waals surface area contributed by atoms with Crippen LogP contribution in [0.25, 0.3) is 22.3 Å². The highest BCUT2D eigenvalue weighted by Gasteiger charge is 2.27. The Morgan fingerprint density at radius 2 is 1.86 bits per heavy atom. The van der Waals surface area contributed by atoms with Crippen molar-refractivity contribution >= 4 is 21.0 Å². The second-order valence-electron chi connectivity index (χ2n) is 8.90. The van der Waals surface area contributed by atoms with E-state index in [0.717, 1.165) is 34.1 Å². The smallest absolute Gasteiger partial charge is 0.328 e. The van der Waals surface area contributed by atoms with Crippen molar-refractivity contribution in [2.45, 2.75) is 33.7 Å². The Hall–Kier alpha value is -3.66. The zero-order valence-electron chi connectivity index (χ0n) is 21.2. The number of ether oxygens (including phenoxy) is 2. The van der Waals surface area contributed by atoms with Crippen LogP contribution in [0.4, 0.5) is 0 Å². The Kier molecular flexibility index (Phi) is 6.90. The third-order valence-electron chi connectivity index (χ3n) is 6.13. The maximum atomic E-state index is 13.3. The SMILES string of the molecule is CCOc1nc(C(CS(C)(=O)=O)n2c(=O)[nH]c3c(C)c(-c4ccc(C)cc4C)cnc32)ccc1OC. The predicted molar refractivity (Wildman–Crippen MR) is 140 cm³/mol. The van der Waals surface area contributed by atoms with Crippen LogP contribution in [-0.4, -0.2) is 53.7 Å². The number of aromatic nitrogens is 4. The molecule has 4 aromatic rings. The van der Waals surface area contributed by atoms with Crippen LogP contribution < -0.4 is 15.2 Å². The van der Waals surface area contributed by atoms with Crippen molar-refractivity contribution in [2.24, 2.45) is 0 Å². The van der Waals surface area contributed by atoms with Gasteiger partial charge >= 0.3 is 5.69 Å². The number of nitrogens with one attached hydrogen (secondary N) is 1. The molecule has 9 nitrogen and oxygen atoms in total. The summed E-state index contributed by atoms with van der Waals surface area (Å²) in [5, 5.41) is 0. The molecule has 36 heavy (non-hydrogen) atoms. The summed E-state index contributed by atoms with van der Waals surface area (Å²) in [4.78, 5) is 25.3.